The Hall–Kier alpha value is -1.12. The predicted octanol–water partition coefficient (Wildman–Crippen LogP) is 4.63. The van der Waals surface area contributed by atoms with E-state index in [1.165, 1.54) is 32.1 Å². The maximum atomic E-state index is 6.27. The van der Waals surface area contributed by atoms with E-state index >= 15 is 0 Å². The van der Waals surface area contributed by atoms with Gasteiger partial charge in [0.1, 0.15) is 0 Å². The lowest BCUT2D eigenvalue weighted by molar-refractivity contribution is -0.249. The van der Waals surface area contributed by atoms with Crippen LogP contribution in [0.4, 0.5) is 0 Å². The molecule has 1 heterocycles. The average Bonchev–Trinajstić information content (AvgIpc) is 2.56. The summed E-state index contributed by atoms with van der Waals surface area (Å²) in [6.07, 6.45) is 9.75. The van der Waals surface area contributed by atoms with E-state index in [9.17, 15) is 0 Å². The van der Waals surface area contributed by atoms with Crippen molar-refractivity contribution in [3.63, 3.8) is 0 Å². The lowest BCUT2D eigenvalue weighted by atomic mass is 9.83. The van der Waals surface area contributed by atoms with E-state index in [0.29, 0.717) is 12.0 Å². The summed E-state index contributed by atoms with van der Waals surface area (Å²) in [4.78, 5) is 0. The number of ether oxygens (including phenoxy) is 2. The van der Waals surface area contributed by atoms with Gasteiger partial charge in [-0.1, -0.05) is 55.7 Å². The first-order valence-corrected chi connectivity index (χ1v) is 7.85. The monoisotopic (exact) mass is 272 g/mol. The molecule has 1 aromatic carbocycles. The van der Waals surface area contributed by atoms with Crippen molar-refractivity contribution in [2.24, 2.45) is 5.92 Å². The van der Waals surface area contributed by atoms with Crippen LogP contribution < -0.4 is 0 Å². The van der Waals surface area contributed by atoms with Crippen LogP contribution in [-0.2, 0) is 9.47 Å². The van der Waals surface area contributed by atoms with Gasteiger partial charge in [-0.05, 0) is 18.8 Å². The first-order chi connectivity index (χ1) is 9.86. The molecule has 3 rings (SSSR count). The summed E-state index contributed by atoms with van der Waals surface area (Å²) < 4.78 is 12.3. The van der Waals surface area contributed by atoms with E-state index in [1.54, 1.807) is 0 Å². The van der Waals surface area contributed by atoms with Gasteiger partial charge in [0.2, 0.25) is 0 Å². The summed E-state index contributed by atoms with van der Waals surface area (Å²) in [5, 5.41) is 0. The van der Waals surface area contributed by atoms with Crippen molar-refractivity contribution in [1.82, 2.24) is 0 Å². The molecule has 0 aromatic heterocycles. The summed E-state index contributed by atoms with van der Waals surface area (Å²) in [7, 11) is 0. The maximum absolute atomic E-state index is 6.27. The van der Waals surface area contributed by atoms with Crippen molar-refractivity contribution in [3.8, 4) is 0 Å². The van der Waals surface area contributed by atoms with Gasteiger partial charge in [0.15, 0.2) is 6.29 Å². The van der Waals surface area contributed by atoms with Gasteiger partial charge >= 0.3 is 0 Å². The minimum absolute atomic E-state index is 0.112. The van der Waals surface area contributed by atoms with E-state index in [0.717, 1.165) is 12.0 Å². The summed E-state index contributed by atoms with van der Waals surface area (Å²) in [6, 6.07) is 10.3. The molecule has 2 nitrogen and oxygen atoms in total. The first-order valence-electron chi connectivity index (χ1n) is 7.85. The molecule has 1 aromatic rings. The fourth-order valence-electron chi connectivity index (χ4n) is 3.42. The number of rotatable bonds is 3. The quantitative estimate of drug-likeness (QED) is 0.747. The normalized spacial score (nSPS) is 31.9. The molecule has 2 fully saturated rings. The standard InChI is InChI=1S/C18H24O2/c1-2-16-13-17(14-9-5-3-6-10-14)20-18(19-16)15-11-7-4-8-12-15/h2,4,7-8,11-12,14,16-18H,1,3,5-6,9-10,13H2/t16-,17-,18-/m0/s1. The lowest BCUT2D eigenvalue weighted by Gasteiger charge is -2.39. The van der Waals surface area contributed by atoms with Crippen LogP contribution in [0.2, 0.25) is 0 Å². The average molecular weight is 272 g/mol. The van der Waals surface area contributed by atoms with Gasteiger partial charge in [0, 0.05) is 12.0 Å². The van der Waals surface area contributed by atoms with Crippen molar-refractivity contribution in [2.45, 2.75) is 57.0 Å². The molecule has 1 aliphatic carbocycles. The van der Waals surface area contributed by atoms with E-state index < -0.39 is 0 Å². The molecule has 0 bridgehead atoms. The molecule has 3 atom stereocenters. The fourth-order valence-corrected chi connectivity index (χ4v) is 3.42. The molecule has 0 spiro atoms. The van der Waals surface area contributed by atoms with Gasteiger partial charge in [-0.2, -0.15) is 0 Å². The van der Waals surface area contributed by atoms with E-state index in [1.807, 2.05) is 24.3 Å². The van der Waals surface area contributed by atoms with E-state index in [-0.39, 0.29) is 12.4 Å². The van der Waals surface area contributed by atoms with Crippen LogP contribution in [0, 0.1) is 5.92 Å². The number of hydrogen-bond acceptors (Lipinski definition) is 2. The molecular weight excluding hydrogens is 248 g/mol. The maximum Gasteiger partial charge on any atom is 0.184 e. The third-order valence-electron chi connectivity index (χ3n) is 4.57. The molecule has 20 heavy (non-hydrogen) atoms. The van der Waals surface area contributed by atoms with Gasteiger partial charge in [0.25, 0.3) is 0 Å². The molecule has 0 radical (unpaired) electrons. The third kappa shape index (κ3) is 3.13. The van der Waals surface area contributed by atoms with Crippen LogP contribution in [0.5, 0.6) is 0 Å². The SMILES string of the molecule is C=C[C@H]1C[C@@H](C2CCCCC2)O[C@@H](c2ccccc2)O1. The Kier molecular flexibility index (Phi) is 4.54. The second-order valence-corrected chi connectivity index (χ2v) is 5.96. The van der Waals surface area contributed by atoms with Crippen LogP contribution in [0.3, 0.4) is 0 Å². The highest BCUT2D eigenvalue weighted by Gasteiger charge is 2.34. The molecular formula is C18H24O2. The highest BCUT2D eigenvalue weighted by Crippen LogP contribution is 2.38. The molecule has 1 saturated carbocycles. The predicted molar refractivity (Wildman–Crippen MR) is 80.3 cm³/mol. The van der Waals surface area contributed by atoms with Crippen LogP contribution >= 0.6 is 0 Å². The molecule has 0 N–H and O–H groups in total. The third-order valence-corrected chi connectivity index (χ3v) is 4.57. The van der Waals surface area contributed by atoms with Gasteiger partial charge in [-0.25, -0.2) is 0 Å². The Morgan fingerprint density at radius 1 is 1.00 bits per heavy atom. The Labute approximate surface area is 121 Å². The zero-order valence-corrected chi connectivity index (χ0v) is 12.0. The van der Waals surface area contributed by atoms with Gasteiger partial charge in [-0.15, -0.1) is 6.58 Å². The molecule has 1 saturated heterocycles. The Bertz CT molecular complexity index is 422. The van der Waals surface area contributed by atoms with Crippen LogP contribution in [-0.4, -0.2) is 12.2 Å². The topological polar surface area (TPSA) is 18.5 Å². The summed E-state index contributed by atoms with van der Waals surface area (Å²) in [6.45, 7) is 3.91. The summed E-state index contributed by atoms with van der Waals surface area (Å²) in [5.41, 5.74) is 1.11. The van der Waals surface area contributed by atoms with Gasteiger partial charge in [0.05, 0.1) is 12.2 Å². The van der Waals surface area contributed by atoms with E-state index in [4.69, 9.17) is 9.47 Å². The molecule has 2 heteroatoms. The summed E-state index contributed by atoms with van der Waals surface area (Å²) >= 11 is 0. The molecule has 1 aliphatic heterocycles. The van der Waals surface area contributed by atoms with Crippen LogP contribution in [0.15, 0.2) is 43.0 Å². The van der Waals surface area contributed by atoms with Crippen molar-refractivity contribution in [1.29, 1.82) is 0 Å². The minimum atomic E-state index is -0.236. The zero-order valence-electron chi connectivity index (χ0n) is 12.0. The molecule has 2 aliphatic rings. The van der Waals surface area contributed by atoms with E-state index in [2.05, 4.69) is 18.7 Å². The second kappa shape index (κ2) is 6.55. The summed E-state index contributed by atoms with van der Waals surface area (Å²) in [5.74, 6) is 0.696. The molecule has 0 amide bonds. The minimum Gasteiger partial charge on any atom is -0.345 e. The van der Waals surface area contributed by atoms with Crippen molar-refractivity contribution >= 4 is 0 Å². The molecule has 108 valence electrons. The Morgan fingerprint density at radius 2 is 1.75 bits per heavy atom. The second-order valence-electron chi connectivity index (χ2n) is 5.96. The first kappa shape index (κ1) is 13.8. The Balaban J connectivity index is 1.73. The molecule has 0 unspecified atom stereocenters. The fraction of sp³-hybridized carbons (Fsp3) is 0.556. The smallest absolute Gasteiger partial charge is 0.184 e. The largest absolute Gasteiger partial charge is 0.345 e. The van der Waals surface area contributed by atoms with Gasteiger partial charge in [-0.3, -0.25) is 0 Å². The van der Waals surface area contributed by atoms with Crippen LogP contribution in [0.1, 0.15) is 50.4 Å². The lowest BCUT2D eigenvalue weighted by Crippen LogP contribution is -2.38. The number of benzene rings is 1. The number of hydrogen-bond donors (Lipinski definition) is 0. The van der Waals surface area contributed by atoms with Crippen molar-refractivity contribution in [2.75, 3.05) is 0 Å². The van der Waals surface area contributed by atoms with Crippen LogP contribution in [0.25, 0.3) is 0 Å². The Morgan fingerprint density at radius 3 is 2.45 bits per heavy atom. The van der Waals surface area contributed by atoms with Crippen molar-refractivity contribution in [3.05, 3.63) is 48.6 Å². The van der Waals surface area contributed by atoms with Crippen molar-refractivity contribution < 1.29 is 9.47 Å². The highest BCUT2D eigenvalue weighted by molar-refractivity contribution is 5.16. The zero-order chi connectivity index (χ0) is 13.8. The van der Waals surface area contributed by atoms with Gasteiger partial charge < -0.3 is 9.47 Å². The highest BCUT2D eigenvalue weighted by atomic mass is 16.7.